The molecule has 0 spiro atoms. The van der Waals surface area contributed by atoms with Gasteiger partial charge in [-0.3, -0.25) is 0 Å². The lowest BCUT2D eigenvalue weighted by molar-refractivity contribution is 1.31. The Morgan fingerprint density at radius 1 is 0.714 bits per heavy atom. The van der Waals surface area contributed by atoms with Gasteiger partial charge in [0.2, 0.25) is 14.8 Å². The van der Waals surface area contributed by atoms with E-state index < -0.39 is 14.8 Å². The first-order chi connectivity index (χ1) is 6.45. The van der Waals surface area contributed by atoms with Crippen LogP contribution in [0.1, 0.15) is 27.7 Å². The Morgan fingerprint density at radius 3 is 1.07 bits per heavy atom. The Morgan fingerprint density at radius 2 is 0.929 bits per heavy atom. The van der Waals surface area contributed by atoms with E-state index in [0.29, 0.717) is 0 Å². The van der Waals surface area contributed by atoms with Crippen molar-refractivity contribution in [1.82, 2.24) is 0 Å². The van der Waals surface area contributed by atoms with Gasteiger partial charge in [0.25, 0.3) is 0 Å². The third-order valence-corrected chi connectivity index (χ3v) is 12.4. The maximum absolute atomic E-state index is 6.46. The molecule has 0 amide bonds. The summed E-state index contributed by atoms with van der Waals surface area (Å²) in [4.78, 5) is 0. The molecule has 4 heteroatoms. The number of halogens is 2. The summed E-state index contributed by atoms with van der Waals surface area (Å²) in [6.45, 7) is 8.53. The molecule has 0 heterocycles. The zero-order chi connectivity index (χ0) is 11.2. The van der Waals surface area contributed by atoms with Crippen LogP contribution in [0.25, 0.3) is 0 Å². The van der Waals surface area contributed by atoms with Crippen LogP contribution in [0.4, 0.5) is 0 Å². The molecule has 14 heavy (non-hydrogen) atoms. The maximum atomic E-state index is 6.46. The van der Waals surface area contributed by atoms with Gasteiger partial charge in [0, 0.05) is 0 Å². The van der Waals surface area contributed by atoms with Crippen molar-refractivity contribution in [3.63, 3.8) is 0 Å². The molecule has 0 aromatic rings. The van der Waals surface area contributed by atoms with E-state index in [2.05, 4.69) is 38.8 Å². The largest absolute Gasteiger partial charge is 0.232 e. The molecule has 0 rings (SSSR count). The Labute approximate surface area is 99.8 Å². The van der Waals surface area contributed by atoms with Gasteiger partial charge in [0.1, 0.15) is 0 Å². The van der Waals surface area contributed by atoms with E-state index in [-0.39, 0.29) is 0 Å². The summed E-state index contributed by atoms with van der Waals surface area (Å²) in [7, 11) is -3.56. The highest BCUT2D eigenvalue weighted by Crippen LogP contribution is 2.22. The maximum Gasteiger partial charge on any atom is 0.232 e. The van der Waals surface area contributed by atoms with Crippen LogP contribution in [0.5, 0.6) is 0 Å². The van der Waals surface area contributed by atoms with Crippen molar-refractivity contribution in [3.05, 3.63) is 0 Å². The van der Waals surface area contributed by atoms with E-state index >= 15 is 0 Å². The number of hydrogen-bond donors (Lipinski definition) is 0. The van der Waals surface area contributed by atoms with Gasteiger partial charge in [-0.25, -0.2) is 0 Å². The molecule has 0 aliphatic heterocycles. The molecule has 0 aromatic heterocycles. The second-order valence-corrected chi connectivity index (χ2v) is 15.1. The molecule has 0 N–H and O–H groups in total. The molecule has 0 fully saturated rings. The summed E-state index contributed by atoms with van der Waals surface area (Å²) in [5.74, 6) is 0. The lowest BCUT2D eigenvalue weighted by Gasteiger charge is -2.16. The van der Waals surface area contributed by atoms with Gasteiger partial charge in [-0.05, 0) is 24.2 Å². The van der Waals surface area contributed by atoms with Gasteiger partial charge in [-0.1, -0.05) is 27.7 Å². The fourth-order valence-corrected chi connectivity index (χ4v) is 5.43. The molecule has 0 aromatic carbocycles. The third kappa shape index (κ3) is 4.40. The molecule has 0 aliphatic carbocycles. The highest BCUT2D eigenvalue weighted by Gasteiger charge is 2.27. The fraction of sp³-hybridized carbons (Fsp3) is 0.800. The summed E-state index contributed by atoms with van der Waals surface area (Å²) in [5, 5.41) is 0. The SMILES string of the molecule is CC[Si](Cl)(C#C[Si](Cl)(CC)CC)CC. The van der Waals surface area contributed by atoms with E-state index in [4.69, 9.17) is 22.2 Å². The lowest BCUT2D eigenvalue weighted by Crippen LogP contribution is -2.27. The topological polar surface area (TPSA) is 0 Å². The van der Waals surface area contributed by atoms with Gasteiger partial charge in [0.15, 0.2) is 0 Å². The molecular formula is C10H20Cl2Si2. The van der Waals surface area contributed by atoms with Crippen LogP contribution in [0.3, 0.4) is 0 Å². The molecule has 0 unspecified atom stereocenters. The lowest BCUT2D eigenvalue weighted by atomic mass is 10.9. The zero-order valence-electron chi connectivity index (χ0n) is 9.58. The van der Waals surface area contributed by atoms with E-state index in [9.17, 15) is 0 Å². The molecule has 0 saturated carbocycles. The van der Waals surface area contributed by atoms with Crippen LogP contribution < -0.4 is 0 Å². The molecule has 0 nitrogen and oxygen atoms in total. The average Bonchev–Trinajstić information content (AvgIpc) is 2.25. The van der Waals surface area contributed by atoms with Crippen molar-refractivity contribution in [2.75, 3.05) is 0 Å². The predicted octanol–water partition coefficient (Wildman–Crippen LogP) is 4.52. The van der Waals surface area contributed by atoms with Crippen LogP contribution in [0.2, 0.25) is 24.2 Å². The van der Waals surface area contributed by atoms with Crippen molar-refractivity contribution in [1.29, 1.82) is 0 Å². The number of rotatable bonds is 4. The molecular weight excluding hydrogens is 247 g/mol. The van der Waals surface area contributed by atoms with Gasteiger partial charge in [0.05, 0.1) is 0 Å². The third-order valence-electron chi connectivity index (χ3n) is 2.75. The summed E-state index contributed by atoms with van der Waals surface area (Å²) in [6, 6.07) is 4.08. The minimum atomic E-state index is -1.78. The van der Waals surface area contributed by atoms with Crippen molar-refractivity contribution in [3.8, 4) is 11.1 Å². The first-order valence-corrected chi connectivity index (χ1v) is 12.2. The monoisotopic (exact) mass is 266 g/mol. The highest BCUT2D eigenvalue weighted by molar-refractivity contribution is 7.28. The van der Waals surface area contributed by atoms with E-state index in [1.54, 1.807) is 0 Å². The Hall–Kier alpha value is 0.574. The Bertz CT molecular complexity index is 200. The second-order valence-electron chi connectivity index (χ2n) is 3.59. The van der Waals surface area contributed by atoms with Gasteiger partial charge in [-0.15, -0.1) is 11.1 Å². The highest BCUT2D eigenvalue weighted by atomic mass is 35.6. The quantitative estimate of drug-likeness (QED) is 0.399. The zero-order valence-corrected chi connectivity index (χ0v) is 13.1. The van der Waals surface area contributed by atoms with Crippen molar-refractivity contribution in [2.24, 2.45) is 0 Å². The van der Waals surface area contributed by atoms with Gasteiger partial charge >= 0.3 is 0 Å². The van der Waals surface area contributed by atoms with Crippen molar-refractivity contribution >= 4 is 36.9 Å². The Balaban J connectivity index is 4.69. The summed E-state index contributed by atoms with van der Waals surface area (Å²) >= 11 is 12.9. The van der Waals surface area contributed by atoms with E-state index in [1.807, 2.05) is 0 Å². The first-order valence-electron chi connectivity index (χ1n) is 5.37. The molecule has 0 saturated heterocycles. The molecule has 0 aliphatic rings. The smallest absolute Gasteiger partial charge is 0.150 e. The van der Waals surface area contributed by atoms with Gasteiger partial charge < -0.3 is 0 Å². The average molecular weight is 267 g/mol. The molecule has 0 atom stereocenters. The molecule has 0 radical (unpaired) electrons. The molecule has 0 bridgehead atoms. The van der Waals surface area contributed by atoms with Crippen LogP contribution >= 0.6 is 22.2 Å². The minimum absolute atomic E-state index is 1.02. The first kappa shape index (κ1) is 14.6. The van der Waals surface area contributed by atoms with Crippen LogP contribution in [0, 0.1) is 11.1 Å². The summed E-state index contributed by atoms with van der Waals surface area (Å²) in [6.07, 6.45) is 0. The van der Waals surface area contributed by atoms with Crippen LogP contribution in [-0.4, -0.2) is 14.8 Å². The summed E-state index contributed by atoms with van der Waals surface area (Å²) < 4.78 is 0. The standard InChI is InChI=1S/C10H20Cl2Si2/c1-5-13(11,6-2)9-10-14(12,7-3)8-4/h5-8H2,1-4H3. The Kier molecular flexibility index (Phi) is 6.48. The van der Waals surface area contributed by atoms with E-state index in [0.717, 1.165) is 24.2 Å². The fourth-order valence-electron chi connectivity index (χ4n) is 1.08. The molecule has 82 valence electrons. The normalized spacial score (nSPS) is 12.1. The van der Waals surface area contributed by atoms with Crippen molar-refractivity contribution in [2.45, 2.75) is 51.9 Å². The minimum Gasteiger partial charge on any atom is -0.150 e. The summed E-state index contributed by atoms with van der Waals surface area (Å²) in [5.41, 5.74) is 6.64. The predicted molar refractivity (Wildman–Crippen MR) is 72.9 cm³/mol. The second kappa shape index (κ2) is 6.22. The van der Waals surface area contributed by atoms with E-state index in [1.165, 1.54) is 0 Å². The van der Waals surface area contributed by atoms with Crippen LogP contribution in [0.15, 0.2) is 0 Å². The van der Waals surface area contributed by atoms with Crippen LogP contribution in [-0.2, 0) is 0 Å². The van der Waals surface area contributed by atoms with Crippen molar-refractivity contribution < 1.29 is 0 Å². The number of hydrogen-bond acceptors (Lipinski definition) is 0. The van der Waals surface area contributed by atoms with Gasteiger partial charge in [-0.2, -0.15) is 22.2 Å².